The molecule has 0 atom stereocenters. The standard InChI is InChI=1S/C24H31FN4O4S/c1-17-11-12-21(14-22(17)34(32,33)28-19-8-4-3-5-9-19)27-24(31)16-29(2)15-23(30)26-20-10-6-7-18(25)13-20/h6-7,10-14,19,28H,3-5,8-9,15-16H2,1-2H3,(H,26,30)(H,27,31). The molecule has 0 heterocycles. The monoisotopic (exact) mass is 490 g/mol. The lowest BCUT2D eigenvalue weighted by atomic mass is 9.96. The van der Waals surface area contributed by atoms with Crippen LogP contribution in [0.2, 0.25) is 0 Å². The van der Waals surface area contributed by atoms with Crippen LogP contribution in [-0.2, 0) is 19.6 Å². The molecule has 1 fully saturated rings. The summed E-state index contributed by atoms with van der Waals surface area (Å²) in [6, 6.07) is 10.2. The fourth-order valence-corrected chi connectivity index (χ4v) is 5.56. The van der Waals surface area contributed by atoms with Gasteiger partial charge >= 0.3 is 0 Å². The fourth-order valence-electron chi connectivity index (χ4n) is 3.98. The van der Waals surface area contributed by atoms with Gasteiger partial charge in [-0.3, -0.25) is 14.5 Å². The number of carbonyl (C=O) groups excluding carboxylic acids is 2. The van der Waals surface area contributed by atoms with Crippen molar-refractivity contribution in [3.63, 3.8) is 0 Å². The van der Waals surface area contributed by atoms with Crippen LogP contribution in [0, 0.1) is 12.7 Å². The zero-order valence-corrected chi connectivity index (χ0v) is 20.3. The molecule has 3 N–H and O–H groups in total. The van der Waals surface area contributed by atoms with E-state index in [1.54, 1.807) is 32.2 Å². The lowest BCUT2D eigenvalue weighted by Gasteiger charge is -2.23. The number of carbonyl (C=O) groups is 2. The number of benzene rings is 2. The number of sulfonamides is 1. The maximum Gasteiger partial charge on any atom is 0.241 e. The van der Waals surface area contributed by atoms with Gasteiger partial charge in [0.1, 0.15) is 5.82 Å². The summed E-state index contributed by atoms with van der Waals surface area (Å²) in [5, 5.41) is 5.27. The molecule has 8 nitrogen and oxygen atoms in total. The van der Waals surface area contributed by atoms with Crippen LogP contribution in [0.5, 0.6) is 0 Å². The van der Waals surface area contributed by atoms with Crippen LogP contribution in [0.25, 0.3) is 0 Å². The summed E-state index contributed by atoms with van der Waals surface area (Å²) >= 11 is 0. The molecule has 0 aromatic heterocycles. The first-order valence-corrected chi connectivity index (χ1v) is 12.8. The van der Waals surface area contributed by atoms with E-state index in [2.05, 4.69) is 15.4 Å². The molecule has 0 unspecified atom stereocenters. The van der Waals surface area contributed by atoms with E-state index in [4.69, 9.17) is 0 Å². The SMILES string of the molecule is Cc1ccc(NC(=O)CN(C)CC(=O)Nc2cccc(F)c2)cc1S(=O)(=O)NC1CCCCC1. The van der Waals surface area contributed by atoms with Gasteiger partial charge in [0.05, 0.1) is 18.0 Å². The second-order valence-corrected chi connectivity index (χ2v) is 10.4. The van der Waals surface area contributed by atoms with E-state index >= 15 is 0 Å². The predicted octanol–water partition coefficient (Wildman–Crippen LogP) is 3.25. The number of nitrogens with one attached hydrogen (secondary N) is 3. The number of amides is 2. The van der Waals surface area contributed by atoms with E-state index in [-0.39, 0.29) is 24.0 Å². The summed E-state index contributed by atoms with van der Waals surface area (Å²) in [5.74, 6) is -1.24. The van der Waals surface area contributed by atoms with Crippen molar-refractivity contribution in [3.8, 4) is 0 Å². The van der Waals surface area contributed by atoms with E-state index in [9.17, 15) is 22.4 Å². The topological polar surface area (TPSA) is 108 Å². The van der Waals surface area contributed by atoms with Crippen molar-refractivity contribution < 1.29 is 22.4 Å². The maximum absolute atomic E-state index is 13.2. The van der Waals surface area contributed by atoms with E-state index < -0.39 is 27.7 Å². The van der Waals surface area contributed by atoms with Gasteiger partial charge in [0.25, 0.3) is 0 Å². The Labute approximate surface area is 200 Å². The molecule has 184 valence electrons. The Morgan fingerprint density at radius 3 is 2.21 bits per heavy atom. The Kier molecular flexibility index (Phi) is 8.76. The van der Waals surface area contributed by atoms with E-state index in [1.807, 2.05) is 0 Å². The molecule has 0 aliphatic heterocycles. The van der Waals surface area contributed by atoms with Gasteiger partial charge in [0, 0.05) is 17.4 Å². The highest BCUT2D eigenvalue weighted by Crippen LogP contribution is 2.23. The van der Waals surface area contributed by atoms with E-state index in [0.29, 0.717) is 16.9 Å². The van der Waals surface area contributed by atoms with E-state index in [0.717, 1.165) is 32.1 Å². The second-order valence-electron chi connectivity index (χ2n) is 8.72. The first-order valence-electron chi connectivity index (χ1n) is 11.3. The van der Waals surface area contributed by atoms with Gasteiger partial charge in [-0.1, -0.05) is 31.4 Å². The molecule has 0 saturated heterocycles. The van der Waals surface area contributed by atoms with Gasteiger partial charge < -0.3 is 10.6 Å². The number of rotatable bonds is 9. The van der Waals surface area contributed by atoms with Crippen molar-refractivity contribution in [2.45, 2.75) is 50.0 Å². The highest BCUT2D eigenvalue weighted by atomic mass is 32.2. The molecule has 34 heavy (non-hydrogen) atoms. The van der Waals surface area contributed by atoms with Crippen molar-refractivity contribution >= 4 is 33.2 Å². The van der Waals surface area contributed by atoms with Gasteiger partial charge in [-0.25, -0.2) is 17.5 Å². The molecule has 1 aliphatic rings. The highest BCUT2D eigenvalue weighted by Gasteiger charge is 2.24. The fraction of sp³-hybridized carbons (Fsp3) is 0.417. The summed E-state index contributed by atoms with van der Waals surface area (Å²) in [6.07, 6.45) is 4.80. The largest absolute Gasteiger partial charge is 0.325 e. The first kappa shape index (κ1) is 25.8. The normalized spacial score (nSPS) is 14.7. The molecule has 1 aliphatic carbocycles. The third kappa shape index (κ3) is 7.61. The Morgan fingerprint density at radius 2 is 1.59 bits per heavy atom. The third-order valence-corrected chi connectivity index (χ3v) is 7.29. The van der Waals surface area contributed by atoms with E-state index in [1.165, 1.54) is 29.2 Å². The minimum absolute atomic E-state index is 0.0661. The summed E-state index contributed by atoms with van der Waals surface area (Å²) in [5.41, 5.74) is 1.28. The number of hydrogen-bond donors (Lipinski definition) is 3. The zero-order valence-electron chi connectivity index (χ0n) is 19.4. The van der Waals surface area contributed by atoms with Gasteiger partial charge in [0.2, 0.25) is 21.8 Å². The molecule has 3 rings (SSSR count). The molecule has 10 heteroatoms. The lowest BCUT2D eigenvalue weighted by Crippen LogP contribution is -2.37. The Balaban J connectivity index is 1.56. The summed E-state index contributed by atoms with van der Waals surface area (Å²) < 4.78 is 41.9. The molecule has 1 saturated carbocycles. The van der Waals surface area contributed by atoms with Crippen LogP contribution >= 0.6 is 0 Å². The third-order valence-electron chi connectivity index (χ3n) is 5.62. The minimum Gasteiger partial charge on any atom is -0.325 e. The van der Waals surface area contributed by atoms with Crippen LogP contribution in [-0.4, -0.2) is 51.3 Å². The van der Waals surface area contributed by atoms with Gasteiger partial charge in [-0.05, 0) is 62.7 Å². The van der Waals surface area contributed by atoms with Crippen LogP contribution in [0.3, 0.4) is 0 Å². The number of likely N-dealkylation sites (N-methyl/N-ethyl adjacent to an activating group) is 1. The second kappa shape index (κ2) is 11.5. The number of hydrogen-bond acceptors (Lipinski definition) is 5. The van der Waals surface area contributed by atoms with Crippen LogP contribution in [0.1, 0.15) is 37.7 Å². The molecule has 2 aromatic carbocycles. The minimum atomic E-state index is -3.71. The average Bonchev–Trinajstić information content (AvgIpc) is 2.75. The predicted molar refractivity (Wildman–Crippen MR) is 130 cm³/mol. The molecule has 2 amide bonds. The van der Waals surface area contributed by atoms with Gasteiger partial charge in [-0.15, -0.1) is 0 Å². The zero-order chi connectivity index (χ0) is 24.7. The number of aryl methyl sites for hydroxylation is 1. The van der Waals surface area contributed by atoms with Crippen LogP contribution in [0.4, 0.5) is 15.8 Å². The Morgan fingerprint density at radius 1 is 0.971 bits per heavy atom. The number of nitrogens with zero attached hydrogens (tertiary/aromatic N) is 1. The molecular weight excluding hydrogens is 459 g/mol. The molecule has 0 bridgehead atoms. The first-order chi connectivity index (χ1) is 16.1. The molecule has 2 aromatic rings. The Hall–Kier alpha value is -2.82. The van der Waals surface area contributed by atoms with Gasteiger partial charge in [-0.2, -0.15) is 0 Å². The van der Waals surface area contributed by atoms with Crippen molar-refractivity contribution in [1.29, 1.82) is 0 Å². The molecular formula is C24H31FN4O4S. The van der Waals surface area contributed by atoms with Crippen molar-refractivity contribution in [2.75, 3.05) is 30.8 Å². The average molecular weight is 491 g/mol. The van der Waals surface area contributed by atoms with Crippen LogP contribution < -0.4 is 15.4 Å². The molecule has 0 radical (unpaired) electrons. The lowest BCUT2D eigenvalue weighted by molar-refractivity contribution is -0.119. The van der Waals surface area contributed by atoms with Crippen molar-refractivity contribution in [3.05, 3.63) is 53.8 Å². The van der Waals surface area contributed by atoms with Gasteiger partial charge in [0.15, 0.2) is 0 Å². The van der Waals surface area contributed by atoms with Crippen molar-refractivity contribution in [2.24, 2.45) is 0 Å². The summed E-state index contributed by atoms with van der Waals surface area (Å²) in [7, 11) is -2.11. The number of halogens is 1. The molecule has 0 spiro atoms. The summed E-state index contributed by atoms with van der Waals surface area (Å²) in [4.78, 5) is 26.3. The summed E-state index contributed by atoms with van der Waals surface area (Å²) in [6.45, 7) is 1.54. The quantitative estimate of drug-likeness (QED) is 0.500. The smallest absolute Gasteiger partial charge is 0.241 e. The maximum atomic E-state index is 13.2. The Bertz CT molecular complexity index is 1130. The van der Waals surface area contributed by atoms with Crippen LogP contribution in [0.15, 0.2) is 47.4 Å². The van der Waals surface area contributed by atoms with Crippen molar-refractivity contribution in [1.82, 2.24) is 9.62 Å². The number of anilines is 2. The highest BCUT2D eigenvalue weighted by molar-refractivity contribution is 7.89.